The van der Waals surface area contributed by atoms with Crippen LogP contribution in [0.15, 0.2) is 71.9 Å². The second-order valence-corrected chi connectivity index (χ2v) is 8.82. The number of aromatic nitrogens is 2. The van der Waals surface area contributed by atoms with E-state index in [1.54, 1.807) is 0 Å². The number of anilines is 1. The molecular formula is C23H26N4OS. The molecule has 1 N–H and O–H groups in total. The summed E-state index contributed by atoms with van der Waals surface area (Å²) < 4.78 is 1.87. The maximum Gasteiger partial charge on any atom is 0.239 e. The van der Waals surface area contributed by atoms with Crippen molar-refractivity contribution in [3.05, 3.63) is 72.6 Å². The number of thioether (sulfide) groups is 1. The molecule has 0 fully saturated rings. The maximum absolute atomic E-state index is 12.6. The lowest BCUT2D eigenvalue weighted by Crippen LogP contribution is -2.38. The Balaban J connectivity index is 1.30. The number of carbonyl (C=O) groups is 1. The molecule has 1 aromatic heterocycles. The van der Waals surface area contributed by atoms with Crippen LogP contribution in [0.2, 0.25) is 0 Å². The summed E-state index contributed by atoms with van der Waals surface area (Å²) in [5, 5.41) is 8.04. The zero-order valence-corrected chi connectivity index (χ0v) is 17.4. The van der Waals surface area contributed by atoms with Crippen LogP contribution in [-0.4, -0.2) is 40.6 Å². The Labute approximate surface area is 176 Å². The Morgan fingerprint density at radius 1 is 1.17 bits per heavy atom. The zero-order valence-electron chi connectivity index (χ0n) is 16.6. The van der Waals surface area contributed by atoms with Gasteiger partial charge in [-0.1, -0.05) is 37.3 Å². The first-order chi connectivity index (χ1) is 14.2. The van der Waals surface area contributed by atoms with Crippen LogP contribution in [0.3, 0.4) is 0 Å². The fourth-order valence-electron chi connectivity index (χ4n) is 3.50. The van der Waals surface area contributed by atoms with Crippen LogP contribution < -0.4 is 10.2 Å². The SMILES string of the molecule is CC1CCN(CC(=O)NCCc2cnn(-c3ccccc3)c2)c2ccccc2S1. The van der Waals surface area contributed by atoms with Crippen LogP contribution in [0.5, 0.6) is 0 Å². The lowest BCUT2D eigenvalue weighted by Gasteiger charge is -2.23. The number of amides is 1. The summed E-state index contributed by atoms with van der Waals surface area (Å²) in [4.78, 5) is 16.0. The highest BCUT2D eigenvalue weighted by Crippen LogP contribution is 2.36. The average molecular weight is 407 g/mol. The minimum Gasteiger partial charge on any atom is -0.361 e. The molecule has 0 spiro atoms. The number of fused-ring (bicyclic) bond motifs is 1. The molecule has 3 aromatic rings. The predicted molar refractivity (Wildman–Crippen MR) is 119 cm³/mol. The molecule has 0 bridgehead atoms. The van der Waals surface area contributed by atoms with E-state index in [1.165, 1.54) is 10.6 Å². The van der Waals surface area contributed by atoms with Crippen LogP contribution >= 0.6 is 11.8 Å². The third-order valence-electron chi connectivity index (χ3n) is 5.07. The number of para-hydroxylation sites is 2. The smallest absolute Gasteiger partial charge is 0.239 e. The monoisotopic (exact) mass is 406 g/mol. The van der Waals surface area contributed by atoms with Crippen LogP contribution in [0, 0.1) is 0 Å². The number of nitrogens with one attached hydrogen (secondary N) is 1. The van der Waals surface area contributed by atoms with Crippen LogP contribution in [0.25, 0.3) is 5.69 Å². The number of hydrogen-bond acceptors (Lipinski definition) is 4. The summed E-state index contributed by atoms with van der Waals surface area (Å²) in [5.41, 5.74) is 3.32. The average Bonchev–Trinajstić information content (AvgIpc) is 3.15. The standard InChI is InChI=1S/C23H26N4OS/c1-18-12-14-26(21-9-5-6-10-22(21)29-18)17-23(28)24-13-11-19-15-25-27(16-19)20-7-3-2-4-8-20/h2-10,15-16,18H,11-14,17H2,1H3,(H,24,28). The minimum atomic E-state index is 0.0646. The number of hydrogen-bond donors (Lipinski definition) is 1. The lowest BCUT2D eigenvalue weighted by atomic mass is 10.2. The molecule has 6 heteroatoms. The molecule has 29 heavy (non-hydrogen) atoms. The molecule has 0 aliphatic carbocycles. The molecular weight excluding hydrogens is 380 g/mol. The van der Waals surface area contributed by atoms with E-state index in [0.717, 1.165) is 30.6 Å². The fraction of sp³-hybridized carbons (Fsp3) is 0.304. The van der Waals surface area contributed by atoms with Gasteiger partial charge in [0.05, 0.1) is 24.1 Å². The van der Waals surface area contributed by atoms with Gasteiger partial charge in [0.1, 0.15) is 0 Å². The Morgan fingerprint density at radius 3 is 2.83 bits per heavy atom. The molecule has 0 saturated heterocycles. The number of benzene rings is 2. The van der Waals surface area contributed by atoms with Gasteiger partial charge in [0.25, 0.3) is 0 Å². The molecule has 1 amide bonds. The fourth-order valence-corrected chi connectivity index (χ4v) is 4.63. The highest BCUT2D eigenvalue weighted by atomic mass is 32.2. The summed E-state index contributed by atoms with van der Waals surface area (Å²) >= 11 is 1.90. The largest absolute Gasteiger partial charge is 0.361 e. The molecule has 2 aromatic carbocycles. The maximum atomic E-state index is 12.6. The van der Waals surface area contributed by atoms with Gasteiger partial charge in [-0.2, -0.15) is 5.10 Å². The van der Waals surface area contributed by atoms with Gasteiger partial charge in [0.2, 0.25) is 5.91 Å². The summed E-state index contributed by atoms with van der Waals surface area (Å²) in [7, 11) is 0. The number of nitrogens with zero attached hydrogens (tertiary/aromatic N) is 3. The Hall–Kier alpha value is -2.73. The van der Waals surface area contributed by atoms with E-state index in [1.807, 2.05) is 65.2 Å². The van der Waals surface area contributed by atoms with Gasteiger partial charge in [0, 0.05) is 29.4 Å². The van der Waals surface area contributed by atoms with Crippen molar-refractivity contribution in [1.82, 2.24) is 15.1 Å². The van der Waals surface area contributed by atoms with Crippen molar-refractivity contribution < 1.29 is 4.79 Å². The lowest BCUT2D eigenvalue weighted by molar-refractivity contribution is -0.119. The predicted octanol–water partition coefficient (Wildman–Crippen LogP) is 3.92. The Kier molecular flexibility index (Phi) is 6.20. The Bertz CT molecular complexity index is 956. The van der Waals surface area contributed by atoms with Gasteiger partial charge in [-0.05, 0) is 42.7 Å². The molecule has 0 radical (unpaired) electrons. The minimum absolute atomic E-state index is 0.0646. The summed E-state index contributed by atoms with van der Waals surface area (Å²) in [5.74, 6) is 0.0646. The molecule has 1 unspecified atom stereocenters. The van der Waals surface area contributed by atoms with Crippen molar-refractivity contribution in [2.24, 2.45) is 0 Å². The van der Waals surface area contributed by atoms with Crippen molar-refractivity contribution in [3.63, 3.8) is 0 Å². The molecule has 1 aliphatic rings. The summed E-state index contributed by atoms with van der Waals surface area (Å²) in [6, 6.07) is 18.4. The molecule has 5 nitrogen and oxygen atoms in total. The van der Waals surface area contributed by atoms with Crippen molar-refractivity contribution in [2.75, 3.05) is 24.5 Å². The molecule has 1 atom stereocenters. The zero-order chi connectivity index (χ0) is 20.1. The van der Waals surface area contributed by atoms with E-state index in [0.29, 0.717) is 18.3 Å². The van der Waals surface area contributed by atoms with Crippen molar-refractivity contribution in [3.8, 4) is 5.69 Å². The van der Waals surface area contributed by atoms with Gasteiger partial charge in [-0.25, -0.2) is 4.68 Å². The molecule has 0 saturated carbocycles. The third-order valence-corrected chi connectivity index (χ3v) is 6.30. The Morgan fingerprint density at radius 2 is 1.97 bits per heavy atom. The van der Waals surface area contributed by atoms with E-state index in [-0.39, 0.29) is 5.91 Å². The normalized spacial score (nSPS) is 16.2. The topological polar surface area (TPSA) is 50.2 Å². The van der Waals surface area contributed by atoms with Gasteiger partial charge in [-0.15, -0.1) is 11.8 Å². The van der Waals surface area contributed by atoms with E-state index >= 15 is 0 Å². The quantitative estimate of drug-likeness (QED) is 0.674. The van der Waals surface area contributed by atoms with Crippen molar-refractivity contribution in [1.29, 1.82) is 0 Å². The molecule has 2 heterocycles. The first-order valence-electron chi connectivity index (χ1n) is 10.1. The van der Waals surface area contributed by atoms with Crippen molar-refractivity contribution >= 4 is 23.4 Å². The highest BCUT2D eigenvalue weighted by molar-refractivity contribution is 8.00. The second kappa shape index (κ2) is 9.18. The molecule has 150 valence electrons. The van der Waals surface area contributed by atoms with Crippen molar-refractivity contribution in [2.45, 2.75) is 29.9 Å². The molecule has 1 aliphatic heterocycles. The van der Waals surface area contributed by atoms with Crippen LogP contribution in [0.4, 0.5) is 5.69 Å². The highest BCUT2D eigenvalue weighted by Gasteiger charge is 2.20. The van der Waals surface area contributed by atoms with Crippen LogP contribution in [0.1, 0.15) is 18.9 Å². The van der Waals surface area contributed by atoms with E-state index in [4.69, 9.17) is 0 Å². The summed E-state index contributed by atoms with van der Waals surface area (Å²) in [6.07, 6.45) is 5.72. The van der Waals surface area contributed by atoms with Crippen LogP contribution in [-0.2, 0) is 11.2 Å². The summed E-state index contributed by atoms with van der Waals surface area (Å²) in [6.45, 7) is 4.16. The first kappa shape index (κ1) is 19.6. The second-order valence-electron chi connectivity index (χ2n) is 7.34. The molecule has 4 rings (SSSR count). The van der Waals surface area contributed by atoms with Gasteiger partial charge < -0.3 is 10.2 Å². The van der Waals surface area contributed by atoms with E-state index < -0.39 is 0 Å². The first-order valence-corrected chi connectivity index (χ1v) is 10.9. The van der Waals surface area contributed by atoms with Gasteiger partial charge >= 0.3 is 0 Å². The van der Waals surface area contributed by atoms with E-state index in [9.17, 15) is 4.79 Å². The van der Waals surface area contributed by atoms with E-state index in [2.05, 4.69) is 40.4 Å². The van der Waals surface area contributed by atoms with Gasteiger partial charge in [0.15, 0.2) is 0 Å². The number of rotatable bonds is 6. The number of carbonyl (C=O) groups excluding carboxylic acids is 1. The van der Waals surface area contributed by atoms with Gasteiger partial charge in [-0.3, -0.25) is 4.79 Å². The third kappa shape index (κ3) is 5.01.